The first kappa shape index (κ1) is 14.4. The van der Waals surface area contributed by atoms with E-state index in [9.17, 15) is 4.79 Å². The molecule has 1 saturated carbocycles. The fourth-order valence-corrected chi connectivity index (χ4v) is 3.42. The lowest BCUT2D eigenvalue weighted by atomic mass is 9.86. The van der Waals surface area contributed by atoms with Gasteiger partial charge in [-0.1, -0.05) is 18.6 Å². The van der Waals surface area contributed by atoms with Crippen molar-refractivity contribution in [3.8, 4) is 0 Å². The van der Waals surface area contributed by atoms with Gasteiger partial charge in [0.2, 0.25) is 0 Å². The predicted octanol–water partition coefficient (Wildman–Crippen LogP) is 3.84. The fourth-order valence-electron chi connectivity index (χ4n) is 3.42. The highest BCUT2D eigenvalue weighted by atomic mass is 16.2. The van der Waals surface area contributed by atoms with Gasteiger partial charge in [0.15, 0.2) is 0 Å². The molecule has 0 aliphatic heterocycles. The molecule has 1 fully saturated rings. The lowest BCUT2D eigenvalue weighted by molar-refractivity contribution is 0.153. The van der Waals surface area contributed by atoms with Crippen molar-refractivity contribution in [3.63, 3.8) is 0 Å². The average Bonchev–Trinajstić information content (AvgIpc) is 2.42. The maximum Gasteiger partial charge on any atom is 0.315 e. The Balaban J connectivity index is 1.85. The van der Waals surface area contributed by atoms with Gasteiger partial charge in [-0.3, -0.25) is 0 Å². The van der Waals surface area contributed by atoms with Gasteiger partial charge in [-0.25, -0.2) is 4.79 Å². The normalized spacial score (nSPS) is 27.7. The molecule has 2 aliphatic carbocycles. The number of amides is 2. The zero-order valence-electron chi connectivity index (χ0n) is 12.2. The average molecular weight is 264 g/mol. The Morgan fingerprint density at radius 1 is 1.32 bits per heavy atom. The van der Waals surface area contributed by atoms with E-state index in [2.05, 4.69) is 13.0 Å². The second-order valence-corrected chi connectivity index (χ2v) is 6.30. The highest BCUT2D eigenvalue weighted by Crippen LogP contribution is 2.28. The molecule has 0 aromatic carbocycles. The molecule has 0 aromatic heterocycles. The van der Waals surface area contributed by atoms with Crippen LogP contribution < -0.4 is 5.73 Å². The second-order valence-electron chi connectivity index (χ2n) is 6.30. The highest BCUT2D eigenvalue weighted by molar-refractivity contribution is 5.72. The summed E-state index contributed by atoms with van der Waals surface area (Å²) in [5.41, 5.74) is 7.11. The van der Waals surface area contributed by atoms with Crippen LogP contribution in [0.3, 0.4) is 0 Å². The van der Waals surface area contributed by atoms with Gasteiger partial charge in [0.1, 0.15) is 0 Å². The van der Waals surface area contributed by atoms with Crippen LogP contribution in [0.25, 0.3) is 0 Å². The molecule has 0 saturated heterocycles. The maximum atomic E-state index is 11.7. The number of nitrogens with two attached hydrogens (primary N) is 1. The number of carbonyl (C=O) groups excluding carboxylic acids is 1. The van der Waals surface area contributed by atoms with Gasteiger partial charge in [-0.05, 0) is 63.7 Å². The summed E-state index contributed by atoms with van der Waals surface area (Å²) in [6, 6.07) is 0.161. The lowest BCUT2D eigenvalue weighted by Crippen LogP contribution is -2.45. The van der Waals surface area contributed by atoms with Gasteiger partial charge in [-0.15, -0.1) is 0 Å². The van der Waals surface area contributed by atoms with Gasteiger partial charge in [-0.2, -0.15) is 0 Å². The first-order valence-electron chi connectivity index (χ1n) is 7.91. The van der Waals surface area contributed by atoms with E-state index in [0.717, 1.165) is 31.7 Å². The van der Waals surface area contributed by atoms with Crippen LogP contribution in [-0.2, 0) is 0 Å². The summed E-state index contributed by atoms with van der Waals surface area (Å²) in [4.78, 5) is 13.6. The van der Waals surface area contributed by atoms with Gasteiger partial charge in [0, 0.05) is 12.6 Å². The summed E-state index contributed by atoms with van der Waals surface area (Å²) in [6.45, 7) is 3.12. The van der Waals surface area contributed by atoms with Crippen LogP contribution in [-0.4, -0.2) is 23.5 Å². The zero-order valence-corrected chi connectivity index (χ0v) is 12.2. The standard InChI is InChI=1S/C16H28N2O/c1-13-7-9-15(10-8-13)18(16(17)19)12-11-14-5-3-2-4-6-14/h5,13,15H,2-4,6-12H2,1H3,(H2,17,19)/t13-,15-. The summed E-state index contributed by atoms with van der Waals surface area (Å²) in [5.74, 6) is 0.812. The number of primary amides is 1. The van der Waals surface area contributed by atoms with E-state index in [1.54, 1.807) is 0 Å². The number of carbonyl (C=O) groups is 1. The van der Waals surface area contributed by atoms with E-state index in [1.165, 1.54) is 44.1 Å². The topological polar surface area (TPSA) is 46.3 Å². The summed E-state index contributed by atoms with van der Waals surface area (Å²) in [6.07, 6.45) is 13.2. The molecule has 3 nitrogen and oxygen atoms in total. The van der Waals surface area contributed by atoms with E-state index < -0.39 is 0 Å². The van der Waals surface area contributed by atoms with Gasteiger partial charge < -0.3 is 10.6 Å². The van der Waals surface area contributed by atoms with Crippen LogP contribution in [0.5, 0.6) is 0 Å². The highest BCUT2D eigenvalue weighted by Gasteiger charge is 2.26. The van der Waals surface area contributed by atoms with Crippen molar-refractivity contribution >= 4 is 6.03 Å². The third-order valence-electron chi connectivity index (χ3n) is 4.77. The molecule has 2 rings (SSSR count). The molecule has 0 bridgehead atoms. The van der Waals surface area contributed by atoms with Gasteiger partial charge in [0.05, 0.1) is 0 Å². The number of nitrogens with zero attached hydrogens (tertiary/aromatic N) is 1. The zero-order chi connectivity index (χ0) is 13.7. The fraction of sp³-hybridized carbons (Fsp3) is 0.812. The molecule has 3 heteroatoms. The summed E-state index contributed by atoms with van der Waals surface area (Å²) < 4.78 is 0. The molecule has 19 heavy (non-hydrogen) atoms. The number of hydrogen-bond donors (Lipinski definition) is 1. The lowest BCUT2D eigenvalue weighted by Gasteiger charge is -2.35. The number of urea groups is 1. The summed E-state index contributed by atoms with van der Waals surface area (Å²) in [7, 11) is 0. The van der Waals surface area contributed by atoms with Crippen molar-refractivity contribution in [1.82, 2.24) is 4.90 Å². The van der Waals surface area contributed by atoms with Crippen molar-refractivity contribution in [2.45, 2.75) is 70.8 Å². The first-order chi connectivity index (χ1) is 9.16. The Morgan fingerprint density at radius 3 is 2.63 bits per heavy atom. The maximum absolute atomic E-state index is 11.7. The molecular weight excluding hydrogens is 236 g/mol. The van der Waals surface area contributed by atoms with Crippen molar-refractivity contribution in [3.05, 3.63) is 11.6 Å². The minimum atomic E-state index is -0.226. The van der Waals surface area contributed by atoms with Crippen molar-refractivity contribution in [1.29, 1.82) is 0 Å². The molecule has 2 amide bonds. The smallest absolute Gasteiger partial charge is 0.315 e. The molecule has 2 N–H and O–H groups in total. The molecule has 0 atom stereocenters. The molecule has 0 aromatic rings. The number of allylic oxidation sites excluding steroid dienone is 1. The Morgan fingerprint density at radius 2 is 2.05 bits per heavy atom. The molecule has 0 unspecified atom stereocenters. The monoisotopic (exact) mass is 264 g/mol. The van der Waals surface area contributed by atoms with Crippen molar-refractivity contribution < 1.29 is 4.79 Å². The Labute approximate surface area is 117 Å². The van der Waals surface area contributed by atoms with Crippen molar-refractivity contribution in [2.75, 3.05) is 6.54 Å². The molecule has 0 radical (unpaired) electrons. The van der Waals surface area contributed by atoms with Gasteiger partial charge in [0.25, 0.3) is 0 Å². The minimum absolute atomic E-state index is 0.226. The SMILES string of the molecule is C[C@H]1CC[C@H](N(CCC2=CCCCC2)C(N)=O)CC1. The van der Waals surface area contributed by atoms with Crippen LogP contribution in [0.2, 0.25) is 0 Å². The third kappa shape index (κ3) is 4.26. The van der Waals surface area contributed by atoms with Crippen LogP contribution in [0, 0.1) is 5.92 Å². The van der Waals surface area contributed by atoms with Gasteiger partial charge >= 0.3 is 6.03 Å². The minimum Gasteiger partial charge on any atom is -0.351 e. The van der Waals surface area contributed by atoms with E-state index in [1.807, 2.05) is 4.90 Å². The molecular formula is C16H28N2O. The predicted molar refractivity (Wildman–Crippen MR) is 78.9 cm³/mol. The van der Waals surface area contributed by atoms with Crippen molar-refractivity contribution in [2.24, 2.45) is 11.7 Å². The van der Waals surface area contributed by atoms with E-state index in [4.69, 9.17) is 5.73 Å². The molecule has 2 aliphatic rings. The Bertz CT molecular complexity index is 330. The van der Waals surface area contributed by atoms with Crippen LogP contribution in [0.1, 0.15) is 64.7 Å². The quantitative estimate of drug-likeness (QED) is 0.770. The summed E-state index contributed by atoms with van der Waals surface area (Å²) >= 11 is 0. The molecule has 108 valence electrons. The molecule has 0 spiro atoms. The van der Waals surface area contributed by atoms with E-state index in [0.29, 0.717) is 6.04 Å². The van der Waals surface area contributed by atoms with Crippen LogP contribution in [0.15, 0.2) is 11.6 Å². The molecule has 0 heterocycles. The number of rotatable bonds is 4. The summed E-state index contributed by atoms with van der Waals surface area (Å²) in [5, 5.41) is 0. The second kappa shape index (κ2) is 6.97. The number of hydrogen-bond acceptors (Lipinski definition) is 1. The Hall–Kier alpha value is -0.990. The largest absolute Gasteiger partial charge is 0.351 e. The Kier molecular flexibility index (Phi) is 5.29. The van der Waals surface area contributed by atoms with Crippen LogP contribution >= 0.6 is 0 Å². The first-order valence-corrected chi connectivity index (χ1v) is 7.91. The van der Waals surface area contributed by atoms with E-state index in [-0.39, 0.29) is 6.03 Å². The van der Waals surface area contributed by atoms with Crippen LogP contribution in [0.4, 0.5) is 4.79 Å². The van der Waals surface area contributed by atoms with E-state index >= 15 is 0 Å². The third-order valence-corrected chi connectivity index (χ3v) is 4.77.